The number of benzene rings is 2. The van der Waals surface area contributed by atoms with Crippen LogP contribution in [0, 0.1) is 6.92 Å². The second-order valence-electron chi connectivity index (χ2n) is 7.41. The first-order chi connectivity index (χ1) is 14.6. The molecule has 2 aromatic carbocycles. The average Bonchev–Trinajstić information content (AvgIpc) is 3.30. The Bertz CT molecular complexity index is 1150. The SMILES string of the molecule is Cc1cc(/C=C2\C(=O)Nc3cc(Cl)c(-c4ccc(N5CCOCC5)cc4)cc32)sn1. The van der Waals surface area contributed by atoms with Gasteiger partial charge in [0.2, 0.25) is 0 Å². The molecule has 5 rings (SSSR count). The van der Waals surface area contributed by atoms with E-state index < -0.39 is 0 Å². The highest BCUT2D eigenvalue weighted by Gasteiger charge is 2.26. The molecule has 2 aliphatic rings. The summed E-state index contributed by atoms with van der Waals surface area (Å²) in [7, 11) is 0. The molecular weight excluding hydrogens is 418 g/mol. The van der Waals surface area contributed by atoms with Crippen LogP contribution in [-0.2, 0) is 9.53 Å². The summed E-state index contributed by atoms with van der Waals surface area (Å²) in [5.74, 6) is -0.119. The van der Waals surface area contributed by atoms with Crippen molar-refractivity contribution in [2.75, 3.05) is 36.5 Å². The standard InChI is InChI=1S/C23H20ClN3O2S/c1-14-10-17(30-26-14)11-20-19-12-18(21(24)13-22(19)25-23(20)28)15-2-4-16(5-3-15)27-6-8-29-9-7-27/h2-5,10-13H,6-9H2,1H3,(H,25,28)/b20-11-. The molecule has 7 heteroatoms. The summed E-state index contributed by atoms with van der Waals surface area (Å²) >= 11 is 7.97. The molecular formula is C23H20ClN3O2S. The predicted octanol–water partition coefficient (Wildman–Crippen LogP) is 5.10. The van der Waals surface area contributed by atoms with E-state index >= 15 is 0 Å². The van der Waals surface area contributed by atoms with Crippen LogP contribution in [-0.4, -0.2) is 36.6 Å². The Hall–Kier alpha value is -2.67. The summed E-state index contributed by atoms with van der Waals surface area (Å²) in [6.07, 6.45) is 1.89. The van der Waals surface area contributed by atoms with Gasteiger partial charge in [-0.3, -0.25) is 4.79 Å². The van der Waals surface area contributed by atoms with Gasteiger partial charge >= 0.3 is 0 Å². The number of ether oxygens (including phenoxy) is 1. The summed E-state index contributed by atoms with van der Waals surface area (Å²) in [4.78, 5) is 15.8. The number of rotatable bonds is 3. The summed E-state index contributed by atoms with van der Waals surface area (Å²) < 4.78 is 9.73. The van der Waals surface area contributed by atoms with Crippen LogP contribution in [0.1, 0.15) is 16.1 Å². The van der Waals surface area contributed by atoms with Crippen molar-refractivity contribution in [2.24, 2.45) is 0 Å². The van der Waals surface area contributed by atoms with Gasteiger partial charge in [0, 0.05) is 34.8 Å². The zero-order valence-corrected chi connectivity index (χ0v) is 18.0. The number of anilines is 2. The number of halogens is 1. The highest BCUT2D eigenvalue weighted by molar-refractivity contribution is 7.06. The van der Waals surface area contributed by atoms with Crippen molar-refractivity contribution in [1.82, 2.24) is 4.37 Å². The first kappa shape index (κ1) is 19.3. The lowest BCUT2D eigenvalue weighted by Gasteiger charge is -2.29. The summed E-state index contributed by atoms with van der Waals surface area (Å²) in [5.41, 5.74) is 6.30. The van der Waals surface area contributed by atoms with Crippen molar-refractivity contribution in [1.29, 1.82) is 0 Å². The Morgan fingerprint density at radius 1 is 1.13 bits per heavy atom. The van der Waals surface area contributed by atoms with Gasteiger partial charge in [0.05, 0.1) is 35.2 Å². The molecule has 152 valence electrons. The van der Waals surface area contributed by atoms with Crippen molar-refractivity contribution in [3.63, 3.8) is 0 Å². The lowest BCUT2D eigenvalue weighted by atomic mass is 9.98. The quantitative estimate of drug-likeness (QED) is 0.579. The number of nitrogens with one attached hydrogen (secondary N) is 1. The van der Waals surface area contributed by atoms with E-state index in [9.17, 15) is 4.79 Å². The number of carbonyl (C=O) groups is 1. The number of hydrogen-bond donors (Lipinski definition) is 1. The molecule has 3 heterocycles. The first-order valence-electron chi connectivity index (χ1n) is 9.82. The van der Waals surface area contributed by atoms with Crippen molar-refractivity contribution >= 4 is 52.1 Å². The van der Waals surface area contributed by atoms with Crippen LogP contribution in [0.2, 0.25) is 5.02 Å². The van der Waals surface area contributed by atoms with Gasteiger partial charge in [-0.1, -0.05) is 23.7 Å². The molecule has 1 aromatic heterocycles. The van der Waals surface area contributed by atoms with E-state index in [1.807, 2.05) is 31.2 Å². The van der Waals surface area contributed by atoms with Gasteiger partial charge in [-0.2, -0.15) is 4.37 Å². The molecule has 1 fully saturated rings. The number of morpholine rings is 1. The lowest BCUT2D eigenvalue weighted by Crippen LogP contribution is -2.36. The molecule has 0 aliphatic carbocycles. The van der Waals surface area contributed by atoms with Gasteiger partial charge < -0.3 is 15.0 Å². The van der Waals surface area contributed by atoms with E-state index in [0.29, 0.717) is 10.6 Å². The van der Waals surface area contributed by atoms with Crippen molar-refractivity contribution < 1.29 is 9.53 Å². The molecule has 5 nitrogen and oxygen atoms in total. The summed E-state index contributed by atoms with van der Waals surface area (Å²) in [6, 6.07) is 14.2. The second kappa shape index (κ2) is 7.87. The third-order valence-electron chi connectivity index (χ3n) is 5.38. The molecule has 0 spiro atoms. The Morgan fingerprint density at radius 2 is 1.90 bits per heavy atom. The fourth-order valence-electron chi connectivity index (χ4n) is 3.84. The Kier molecular flexibility index (Phi) is 5.06. The minimum Gasteiger partial charge on any atom is -0.378 e. The maximum Gasteiger partial charge on any atom is 0.256 e. The van der Waals surface area contributed by atoms with Crippen molar-refractivity contribution in [3.05, 3.63) is 63.6 Å². The van der Waals surface area contributed by atoms with Crippen molar-refractivity contribution in [2.45, 2.75) is 6.92 Å². The van der Waals surface area contributed by atoms with Crippen molar-refractivity contribution in [3.8, 4) is 11.1 Å². The molecule has 1 amide bonds. The highest BCUT2D eigenvalue weighted by atomic mass is 35.5. The fourth-order valence-corrected chi connectivity index (χ4v) is 4.81. The van der Waals surface area contributed by atoms with Crippen LogP contribution < -0.4 is 10.2 Å². The third-order valence-corrected chi connectivity index (χ3v) is 6.52. The van der Waals surface area contributed by atoms with Gasteiger partial charge in [0.15, 0.2) is 0 Å². The molecule has 0 saturated carbocycles. The van der Waals surface area contributed by atoms with Gasteiger partial charge in [0.25, 0.3) is 5.91 Å². The Labute approximate surface area is 184 Å². The van der Waals surface area contributed by atoms with Crippen LogP contribution in [0.3, 0.4) is 0 Å². The summed E-state index contributed by atoms with van der Waals surface area (Å²) in [6.45, 7) is 5.26. The number of hydrogen-bond acceptors (Lipinski definition) is 5. The van der Waals surface area contributed by atoms with Crippen LogP contribution in [0.4, 0.5) is 11.4 Å². The van der Waals surface area contributed by atoms with E-state index in [1.165, 1.54) is 17.2 Å². The Balaban J connectivity index is 1.50. The highest BCUT2D eigenvalue weighted by Crippen LogP contribution is 2.41. The molecule has 30 heavy (non-hydrogen) atoms. The van der Waals surface area contributed by atoms with Gasteiger partial charge in [-0.15, -0.1) is 0 Å². The minimum atomic E-state index is -0.119. The number of carbonyl (C=O) groups excluding carboxylic acids is 1. The smallest absolute Gasteiger partial charge is 0.256 e. The first-order valence-corrected chi connectivity index (χ1v) is 11.0. The molecule has 2 aliphatic heterocycles. The molecule has 0 atom stereocenters. The largest absolute Gasteiger partial charge is 0.378 e. The van der Waals surface area contributed by atoms with Crippen LogP contribution in [0.5, 0.6) is 0 Å². The molecule has 3 aromatic rings. The normalized spacial score (nSPS) is 17.3. The topological polar surface area (TPSA) is 54.5 Å². The number of amides is 1. The number of aromatic nitrogens is 1. The molecule has 1 saturated heterocycles. The zero-order chi connectivity index (χ0) is 20.7. The molecule has 1 N–H and O–H groups in total. The lowest BCUT2D eigenvalue weighted by molar-refractivity contribution is -0.110. The van der Waals surface area contributed by atoms with Gasteiger partial charge in [-0.25, -0.2) is 0 Å². The molecule has 0 unspecified atom stereocenters. The van der Waals surface area contributed by atoms with E-state index in [-0.39, 0.29) is 5.91 Å². The minimum absolute atomic E-state index is 0.119. The predicted molar refractivity (Wildman–Crippen MR) is 123 cm³/mol. The van der Waals surface area contributed by atoms with E-state index in [1.54, 1.807) is 0 Å². The van der Waals surface area contributed by atoms with E-state index in [4.69, 9.17) is 16.3 Å². The Morgan fingerprint density at radius 3 is 2.60 bits per heavy atom. The average molecular weight is 438 g/mol. The van der Waals surface area contributed by atoms with Crippen LogP contribution in [0.15, 0.2) is 42.5 Å². The number of nitrogens with zero attached hydrogens (tertiary/aromatic N) is 2. The summed E-state index contributed by atoms with van der Waals surface area (Å²) in [5, 5.41) is 3.53. The maximum atomic E-state index is 12.6. The van der Waals surface area contributed by atoms with Gasteiger partial charge in [-0.05, 0) is 60.4 Å². The molecule has 0 radical (unpaired) electrons. The van der Waals surface area contributed by atoms with Crippen LogP contribution >= 0.6 is 23.1 Å². The third kappa shape index (κ3) is 3.62. The van der Waals surface area contributed by atoms with Crippen LogP contribution in [0.25, 0.3) is 22.8 Å². The second-order valence-corrected chi connectivity index (χ2v) is 8.65. The number of fused-ring (bicyclic) bond motifs is 1. The van der Waals surface area contributed by atoms with E-state index in [0.717, 1.165) is 59.3 Å². The molecule has 0 bridgehead atoms. The van der Waals surface area contributed by atoms with Gasteiger partial charge in [0.1, 0.15) is 0 Å². The van der Waals surface area contributed by atoms with E-state index in [2.05, 4.69) is 38.9 Å². The fraction of sp³-hybridized carbons (Fsp3) is 0.217. The maximum absolute atomic E-state index is 12.6. The zero-order valence-electron chi connectivity index (χ0n) is 16.4. The number of aryl methyl sites for hydroxylation is 1. The monoisotopic (exact) mass is 437 g/mol.